The van der Waals surface area contributed by atoms with E-state index < -0.39 is 0 Å². The van der Waals surface area contributed by atoms with Crippen LogP contribution in [0.4, 0.5) is 0 Å². The molecule has 2 nitrogen and oxygen atoms in total. The first-order valence-corrected chi connectivity index (χ1v) is 7.46. The van der Waals surface area contributed by atoms with Crippen molar-refractivity contribution in [1.29, 1.82) is 0 Å². The minimum atomic E-state index is 0.243. The van der Waals surface area contributed by atoms with Crippen LogP contribution in [0.1, 0.15) is 77.6 Å². The molecule has 1 heterocycles. The number of hydrogen-bond donors (Lipinski definition) is 0. The first-order chi connectivity index (χ1) is 8.33. The average molecular weight is 240 g/mol. The third-order valence-corrected chi connectivity index (χ3v) is 3.54. The Labute approximate surface area is 106 Å². The summed E-state index contributed by atoms with van der Waals surface area (Å²) >= 11 is 0. The summed E-state index contributed by atoms with van der Waals surface area (Å²) in [7, 11) is 0. The molecular formula is C15H28O2. The van der Waals surface area contributed by atoms with Gasteiger partial charge in [0.05, 0.1) is 6.10 Å². The molecule has 0 spiro atoms. The molecule has 17 heavy (non-hydrogen) atoms. The molecule has 1 rings (SSSR count). The highest BCUT2D eigenvalue weighted by molar-refractivity contribution is 5.78. The van der Waals surface area contributed by atoms with Gasteiger partial charge in [0.25, 0.3) is 0 Å². The lowest BCUT2D eigenvalue weighted by molar-refractivity contribution is -0.121. The van der Waals surface area contributed by atoms with Gasteiger partial charge in [0.2, 0.25) is 0 Å². The zero-order chi connectivity index (χ0) is 12.3. The molecule has 100 valence electrons. The fourth-order valence-corrected chi connectivity index (χ4v) is 2.44. The molecule has 0 N–H and O–H groups in total. The van der Waals surface area contributed by atoms with Crippen molar-refractivity contribution < 1.29 is 9.53 Å². The smallest absolute Gasteiger partial charge is 0.135 e. The van der Waals surface area contributed by atoms with E-state index in [0.29, 0.717) is 12.2 Å². The molecule has 0 saturated carbocycles. The SMILES string of the molecule is CCCCCCCCCC(=O)CC1CCCO1. The minimum Gasteiger partial charge on any atom is -0.378 e. The number of carbonyl (C=O) groups excluding carboxylic acids is 1. The standard InChI is InChI=1S/C15H28O2/c1-2-3-4-5-6-7-8-10-14(16)13-15-11-9-12-17-15/h15H,2-13H2,1H3. The molecule has 0 radical (unpaired) electrons. The Kier molecular flexibility index (Phi) is 8.33. The molecule has 2 heteroatoms. The molecule has 0 aromatic rings. The quantitative estimate of drug-likeness (QED) is 0.533. The van der Waals surface area contributed by atoms with Crippen LogP contribution in [0.15, 0.2) is 0 Å². The van der Waals surface area contributed by atoms with Crippen LogP contribution in [0.2, 0.25) is 0 Å². The van der Waals surface area contributed by atoms with Gasteiger partial charge in [0.1, 0.15) is 5.78 Å². The molecule has 1 aliphatic heterocycles. The van der Waals surface area contributed by atoms with E-state index in [2.05, 4.69) is 6.92 Å². The van der Waals surface area contributed by atoms with Crippen LogP contribution in [-0.4, -0.2) is 18.5 Å². The van der Waals surface area contributed by atoms with Gasteiger partial charge in [-0.3, -0.25) is 4.79 Å². The van der Waals surface area contributed by atoms with Gasteiger partial charge in [-0.2, -0.15) is 0 Å². The van der Waals surface area contributed by atoms with Crippen molar-refractivity contribution in [2.45, 2.75) is 83.7 Å². The Morgan fingerprint density at radius 1 is 1.12 bits per heavy atom. The molecule has 1 unspecified atom stereocenters. The molecule has 0 bridgehead atoms. The molecule has 0 aromatic carbocycles. The maximum atomic E-state index is 11.7. The van der Waals surface area contributed by atoms with Gasteiger partial charge in [0.15, 0.2) is 0 Å². The number of rotatable bonds is 10. The second kappa shape index (κ2) is 9.64. The van der Waals surface area contributed by atoms with E-state index in [1.165, 1.54) is 38.5 Å². The van der Waals surface area contributed by atoms with Gasteiger partial charge >= 0.3 is 0 Å². The highest BCUT2D eigenvalue weighted by atomic mass is 16.5. The number of Topliss-reactive ketones (excluding diaryl/α,β-unsaturated/α-hetero) is 1. The van der Waals surface area contributed by atoms with Crippen LogP contribution >= 0.6 is 0 Å². The summed E-state index contributed by atoms with van der Waals surface area (Å²) in [4.78, 5) is 11.7. The van der Waals surface area contributed by atoms with Crippen molar-refractivity contribution in [3.05, 3.63) is 0 Å². The van der Waals surface area contributed by atoms with E-state index in [1.807, 2.05) is 0 Å². The second-order valence-electron chi connectivity index (χ2n) is 5.25. The number of hydrogen-bond acceptors (Lipinski definition) is 2. The normalized spacial score (nSPS) is 19.7. The number of carbonyl (C=O) groups is 1. The molecule has 1 aliphatic rings. The maximum Gasteiger partial charge on any atom is 0.135 e. The lowest BCUT2D eigenvalue weighted by Gasteiger charge is -2.07. The number of ether oxygens (including phenoxy) is 1. The Hall–Kier alpha value is -0.370. The summed E-state index contributed by atoms with van der Waals surface area (Å²) in [5.41, 5.74) is 0. The van der Waals surface area contributed by atoms with E-state index in [1.54, 1.807) is 0 Å². The van der Waals surface area contributed by atoms with Crippen molar-refractivity contribution in [2.24, 2.45) is 0 Å². The molecule has 1 fully saturated rings. The number of unbranched alkanes of at least 4 members (excludes halogenated alkanes) is 6. The first kappa shape index (κ1) is 14.7. The number of ketones is 1. The van der Waals surface area contributed by atoms with Crippen molar-refractivity contribution in [2.75, 3.05) is 6.61 Å². The highest BCUT2D eigenvalue weighted by Crippen LogP contribution is 2.17. The van der Waals surface area contributed by atoms with Crippen molar-refractivity contribution in [3.63, 3.8) is 0 Å². The van der Waals surface area contributed by atoms with Crippen LogP contribution in [0.3, 0.4) is 0 Å². The van der Waals surface area contributed by atoms with E-state index >= 15 is 0 Å². The summed E-state index contributed by atoms with van der Waals surface area (Å²) in [5.74, 6) is 0.408. The first-order valence-electron chi connectivity index (χ1n) is 7.46. The molecule has 0 amide bonds. The maximum absolute atomic E-state index is 11.7. The van der Waals surface area contributed by atoms with Gasteiger partial charge in [0, 0.05) is 19.4 Å². The minimum absolute atomic E-state index is 0.243. The zero-order valence-electron chi connectivity index (χ0n) is 11.4. The van der Waals surface area contributed by atoms with Crippen LogP contribution in [0.5, 0.6) is 0 Å². The van der Waals surface area contributed by atoms with Crippen molar-refractivity contribution in [1.82, 2.24) is 0 Å². The lowest BCUT2D eigenvalue weighted by atomic mass is 10.0. The van der Waals surface area contributed by atoms with Gasteiger partial charge in [-0.05, 0) is 19.3 Å². The van der Waals surface area contributed by atoms with Crippen LogP contribution in [0.25, 0.3) is 0 Å². The summed E-state index contributed by atoms with van der Waals surface area (Å²) in [6.45, 7) is 3.10. The summed E-state index contributed by atoms with van der Waals surface area (Å²) in [5, 5.41) is 0. The Morgan fingerprint density at radius 3 is 2.47 bits per heavy atom. The Balaban J connectivity index is 1.86. The summed E-state index contributed by atoms with van der Waals surface area (Å²) in [6.07, 6.45) is 12.9. The van der Waals surface area contributed by atoms with Gasteiger partial charge < -0.3 is 4.74 Å². The van der Waals surface area contributed by atoms with Gasteiger partial charge in [-0.25, -0.2) is 0 Å². The fourth-order valence-electron chi connectivity index (χ4n) is 2.44. The molecule has 0 aliphatic carbocycles. The Bertz CT molecular complexity index is 195. The van der Waals surface area contributed by atoms with Crippen LogP contribution < -0.4 is 0 Å². The van der Waals surface area contributed by atoms with Gasteiger partial charge in [-0.1, -0.05) is 45.4 Å². The van der Waals surface area contributed by atoms with E-state index in [4.69, 9.17) is 4.74 Å². The topological polar surface area (TPSA) is 26.3 Å². The highest BCUT2D eigenvalue weighted by Gasteiger charge is 2.18. The largest absolute Gasteiger partial charge is 0.378 e. The second-order valence-corrected chi connectivity index (χ2v) is 5.25. The van der Waals surface area contributed by atoms with Crippen molar-refractivity contribution >= 4 is 5.78 Å². The monoisotopic (exact) mass is 240 g/mol. The zero-order valence-corrected chi connectivity index (χ0v) is 11.4. The molecule has 1 atom stereocenters. The third kappa shape index (κ3) is 7.54. The predicted octanol–water partition coefficient (Wildman–Crippen LogP) is 4.27. The summed E-state index contributed by atoms with van der Waals surface area (Å²) < 4.78 is 5.47. The molecule has 0 aromatic heterocycles. The lowest BCUT2D eigenvalue weighted by Crippen LogP contribution is -2.12. The Morgan fingerprint density at radius 2 is 1.82 bits per heavy atom. The predicted molar refractivity (Wildman–Crippen MR) is 71.2 cm³/mol. The van der Waals surface area contributed by atoms with Gasteiger partial charge in [-0.15, -0.1) is 0 Å². The van der Waals surface area contributed by atoms with E-state index in [-0.39, 0.29) is 6.10 Å². The van der Waals surface area contributed by atoms with Crippen molar-refractivity contribution in [3.8, 4) is 0 Å². The molecule has 1 saturated heterocycles. The van der Waals surface area contributed by atoms with E-state index in [0.717, 1.165) is 32.3 Å². The molecular weight excluding hydrogens is 212 g/mol. The third-order valence-electron chi connectivity index (χ3n) is 3.54. The summed E-state index contributed by atoms with van der Waals surface area (Å²) in [6, 6.07) is 0. The van der Waals surface area contributed by atoms with Crippen LogP contribution in [0, 0.1) is 0 Å². The fraction of sp³-hybridized carbons (Fsp3) is 0.933. The van der Waals surface area contributed by atoms with Crippen LogP contribution in [-0.2, 0) is 9.53 Å². The average Bonchev–Trinajstić information content (AvgIpc) is 2.80. The van der Waals surface area contributed by atoms with E-state index in [9.17, 15) is 4.79 Å².